The Labute approximate surface area is 190 Å². The summed E-state index contributed by atoms with van der Waals surface area (Å²) in [5.74, 6) is -3.27. The number of hydrogen-bond acceptors (Lipinski definition) is 6. The molecule has 168 valence electrons. The summed E-state index contributed by atoms with van der Waals surface area (Å²) in [4.78, 5) is 12.0. The van der Waals surface area contributed by atoms with E-state index in [-0.39, 0.29) is 40.7 Å². The SMILES string of the molecule is CCC(Oc1ccccc1O)(Oc1ccccc1O)Oc1c(C(=O)O)ccc2ccccc12. The average molecular weight is 446 g/mol. The molecule has 33 heavy (non-hydrogen) atoms. The lowest BCUT2D eigenvalue weighted by molar-refractivity contribution is -0.254. The number of phenolic OH excluding ortho intramolecular Hbond substituents is 2. The molecule has 0 atom stereocenters. The van der Waals surface area contributed by atoms with Gasteiger partial charge < -0.3 is 29.5 Å². The van der Waals surface area contributed by atoms with E-state index in [1.165, 1.54) is 30.3 Å². The van der Waals surface area contributed by atoms with Gasteiger partial charge in [-0.15, -0.1) is 0 Å². The van der Waals surface area contributed by atoms with Crippen LogP contribution in [0.25, 0.3) is 10.8 Å². The fraction of sp³-hybridized carbons (Fsp3) is 0.115. The van der Waals surface area contributed by atoms with E-state index in [0.29, 0.717) is 5.39 Å². The van der Waals surface area contributed by atoms with Crippen molar-refractivity contribution in [1.82, 2.24) is 0 Å². The van der Waals surface area contributed by atoms with Gasteiger partial charge in [0.2, 0.25) is 0 Å². The number of phenols is 2. The summed E-state index contributed by atoms with van der Waals surface area (Å²) in [5.41, 5.74) is -0.0895. The number of fused-ring (bicyclic) bond motifs is 1. The first kappa shape index (κ1) is 21.8. The number of carboxylic acid groups (broad SMARTS) is 1. The zero-order valence-corrected chi connectivity index (χ0v) is 17.8. The van der Waals surface area contributed by atoms with Crippen molar-refractivity contribution in [3.8, 4) is 28.7 Å². The highest BCUT2D eigenvalue weighted by molar-refractivity contribution is 6.00. The topological polar surface area (TPSA) is 105 Å². The van der Waals surface area contributed by atoms with Crippen LogP contribution in [0, 0.1) is 0 Å². The van der Waals surface area contributed by atoms with Crippen molar-refractivity contribution in [2.45, 2.75) is 19.3 Å². The maximum atomic E-state index is 12.0. The van der Waals surface area contributed by atoms with Crippen LogP contribution in [-0.2, 0) is 0 Å². The molecular formula is C26H22O7. The Balaban J connectivity index is 1.88. The fourth-order valence-corrected chi connectivity index (χ4v) is 3.38. The van der Waals surface area contributed by atoms with E-state index in [1.807, 2.05) is 12.1 Å². The lowest BCUT2D eigenvalue weighted by atomic mass is 10.1. The molecule has 0 spiro atoms. The van der Waals surface area contributed by atoms with Gasteiger partial charge in [0.1, 0.15) is 5.56 Å². The van der Waals surface area contributed by atoms with Crippen molar-refractivity contribution in [2.24, 2.45) is 0 Å². The first-order valence-corrected chi connectivity index (χ1v) is 10.3. The van der Waals surface area contributed by atoms with Crippen LogP contribution in [-0.4, -0.2) is 27.3 Å². The predicted molar refractivity (Wildman–Crippen MR) is 122 cm³/mol. The molecular weight excluding hydrogens is 424 g/mol. The Hall–Kier alpha value is -4.39. The highest BCUT2D eigenvalue weighted by Gasteiger charge is 2.40. The summed E-state index contributed by atoms with van der Waals surface area (Å²) in [6, 6.07) is 22.8. The van der Waals surface area contributed by atoms with Crippen molar-refractivity contribution in [2.75, 3.05) is 0 Å². The van der Waals surface area contributed by atoms with Crippen LogP contribution < -0.4 is 14.2 Å². The number of aromatic carboxylic acids is 1. The first-order valence-electron chi connectivity index (χ1n) is 10.3. The first-order chi connectivity index (χ1) is 15.9. The lowest BCUT2D eigenvalue weighted by Gasteiger charge is -2.34. The molecule has 0 heterocycles. The maximum Gasteiger partial charge on any atom is 0.417 e. The molecule has 7 heteroatoms. The van der Waals surface area contributed by atoms with Crippen molar-refractivity contribution in [1.29, 1.82) is 0 Å². The molecule has 7 nitrogen and oxygen atoms in total. The van der Waals surface area contributed by atoms with E-state index in [0.717, 1.165) is 5.39 Å². The number of carboxylic acids is 1. The zero-order valence-electron chi connectivity index (χ0n) is 17.8. The number of rotatable bonds is 8. The Morgan fingerprint density at radius 1 is 0.758 bits per heavy atom. The fourth-order valence-electron chi connectivity index (χ4n) is 3.38. The van der Waals surface area contributed by atoms with Crippen LogP contribution >= 0.6 is 0 Å². The number of hydrogen-bond donors (Lipinski definition) is 3. The zero-order chi connectivity index (χ0) is 23.4. The smallest absolute Gasteiger partial charge is 0.417 e. The molecule has 0 bridgehead atoms. The third-order valence-electron chi connectivity index (χ3n) is 5.06. The van der Waals surface area contributed by atoms with Gasteiger partial charge in [0.15, 0.2) is 28.7 Å². The average Bonchev–Trinajstić information content (AvgIpc) is 2.82. The Morgan fingerprint density at radius 2 is 1.30 bits per heavy atom. The second-order valence-corrected chi connectivity index (χ2v) is 7.25. The van der Waals surface area contributed by atoms with Crippen molar-refractivity contribution in [3.05, 3.63) is 90.5 Å². The van der Waals surface area contributed by atoms with Crippen molar-refractivity contribution in [3.63, 3.8) is 0 Å². The molecule has 0 fully saturated rings. The number of ether oxygens (including phenoxy) is 3. The molecule has 3 N–H and O–H groups in total. The molecule has 0 aliphatic rings. The van der Waals surface area contributed by atoms with Gasteiger partial charge in [-0.3, -0.25) is 0 Å². The summed E-state index contributed by atoms with van der Waals surface area (Å²) < 4.78 is 18.3. The minimum atomic E-state index is -1.92. The summed E-state index contributed by atoms with van der Waals surface area (Å²) >= 11 is 0. The number of carbonyl (C=O) groups is 1. The van der Waals surface area contributed by atoms with E-state index in [9.17, 15) is 20.1 Å². The summed E-state index contributed by atoms with van der Waals surface area (Å²) in [6.07, 6.45) is 0.0674. The normalized spacial score (nSPS) is 11.2. The summed E-state index contributed by atoms with van der Waals surface area (Å²) in [6.45, 7) is 1.71. The minimum Gasteiger partial charge on any atom is -0.504 e. The van der Waals surface area contributed by atoms with E-state index in [2.05, 4.69) is 0 Å². The second kappa shape index (κ2) is 9.00. The Bertz CT molecular complexity index is 1250. The molecule has 0 saturated heterocycles. The van der Waals surface area contributed by atoms with Crippen LogP contribution in [0.5, 0.6) is 28.7 Å². The number of aromatic hydroxyl groups is 2. The van der Waals surface area contributed by atoms with Crippen LogP contribution in [0.15, 0.2) is 84.9 Å². The van der Waals surface area contributed by atoms with Gasteiger partial charge in [-0.25, -0.2) is 4.79 Å². The third-order valence-corrected chi connectivity index (χ3v) is 5.06. The van der Waals surface area contributed by atoms with Crippen molar-refractivity contribution >= 4 is 16.7 Å². The predicted octanol–water partition coefficient (Wildman–Crippen LogP) is 5.55. The highest BCUT2D eigenvalue weighted by Crippen LogP contribution is 2.39. The molecule has 0 radical (unpaired) electrons. The molecule has 4 rings (SSSR count). The number of para-hydroxylation sites is 4. The van der Waals surface area contributed by atoms with Crippen LogP contribution in [0.3, 0.4) is 0 Å². The number of benzene rings is 4. The summed E-state index contributed by atoms with van der Waals surface area (Å²) in [7, 11) is 0. The molecule has 4 aromatic carbocycles. The summed E-state index contributed by atoms with van der Waals surface area (Å²) in [5, 5.41) is 31.7. The molecule has 0 aliphatic carbocycles. The van der Waals surface area contributed by atoms with Crippen LogP contribution in [0.2, 0.25) is 0 Å². The third kappa shape index (κ3) is 4.48. The van der Waals surface area contributed by atoms with Crippen LogP contribution in [0.1, 0.15) is 23.7 Å². The maximum absolute atomic E-state index is 12.0. The molecule has 0 amide bonds. The standard InChI is InChI=1S/C26H22O7/c1-2-26(31-22-13-7-5-11-20(22)27,32-23-14-8-6-12-21(23)28)33-24-18-10-4-3-9-17(18)15-16-19(24)25(29)30/h3-16,27-28H,2H2,1H3,(H,29,30). The van der Waals surface area contributed by atoms with E-state index in [1.54, 1.807) is 49.4 Å². The molecule has 0 saturated carbocycles. The Kier molecular flexibility index (Phi) is 5.95. The van der Waals surface area contributed by atoms with E-state index >= 15 is 0 Å². The Morgan fingerprint density at radius 3 is 1.85 bits per heavy atom. The van der Waals surface area contributed by atoms with Gasteiger partial charge in [0.25, 0.3) is 0 Å². The van der Waals surface area contributed by atoms with E-state index < -0.39 is 11.9 Å². The van der Waals surface area contributed by atoms with Gasteiger partial charge in [0, 0.05) is 5.39 Å². The lowest BCUT2D eigenvalue weighted by Crippen LogP contribution is -2.48. The molecule has 0 aliphatic heterocycles. The largest absolute Gasteiger partial charge is 0.504 e. The van der Waals surface area contributed by atoms with Crippen LogP contribution in [0.4, 0.5) is 0 Å². The van der Waals surface area contributed by atoms with Crippen molar-refractivity contribution < 1.29 is 34.3 Å². The molecule has 0 unspecified atom stereocenters. The monoisotopic (exact) mass is 446 g/mol. The van der Waals surface area contributed by atoms with Gasteiger partial charge in [-0.2, -0.15) is 0 Å². The van der Waals surface area contributed by atoms with Gasteiger partial charge >= 0.3 is 11.9 Å². The van der Waals surface area contributed by atoms with Gasteiger partial charge in [-0.1, -0.05) is 61.5 Å². The van der Waals surface area contributed by atoms with E-state index in [4.69, 9.17) is 14.2 Å². The quantitative estimate of drug-likeness (QED) is 0.305. The highest BCUT2D eigenvalue weighted by atomic mass is 16.9. The molecule has 0 aromatic heterocycles. The van der Waals surface area contributed by atoms with Gasteiger partial charge in [0.05, 0.1) is 6.42 Å². The minimum absolute atomic E-state index is 0.0355. The second-order valence-electron chi connectivity index (χ2n) is 7.25. The molecule has 4 aromatic rings. The van der Waals surface area contributed by atoms with Gasteiger partial charge in [-0.05, 0) is 35.7 Å².